The van der Waals surface area contributed by atoms with Gasteiger partial charge in [-0.05, 0) is 42.3 Å². The maximum atomic E-state index is 12.1. The van der Waals surface area contributed by atoms with Crippen LogP contribution in [0.5, 0.6) is 11.5 Å². The summed E-state index contributed by atoms with van der Waals surface area (Å²) in [6, 6.07) is 13.3. The fourth-order valence-corrected chi connectivity index (χ4v) is 2.20. The number of nitrogens with two attached hydrogens (primary N) is 1. The van der Waals surface area contributed by atoms with E-state index in [0.29, 0.717) is 22.2 Å². The molecule has 7 heteroatoms. The molecule has 0 aliphatic carbocycles. The molecular weight excluding hydrogens is 354 g/mol. The average Bonchev–Trinajstić information content (AvgIpc) is 2.62. The Labute approximate surface area is 157 Å². The monoisotopic (exact) mass is 375 g/mol. The first-order chi connectivity index (χ1) is 12.4. The van der Waals surface area contributed by atoms with E-state index in [2.05, 4.69) is 10.6 Å². The van der Waals surface area contributed by atoms with Crippen LogP contribution in [-0.4, -0.2) is 24.4 Å². The summed E-state index contributed by atoms with van der Waals surface area (Å²) in [5, 5.41) is 5.85. The van der Waals surface area contributed by atoms with E-state index in [9.17, 15) is 9.59 Å². The summed E-state index contributed by atoms with van der Waals surface area (Å²) in [6.07, 6.45) is 0. The van der Waals surface area contributed by atoms with Gasteiger partial charge in [0, 0.05) is 5.02 Å². The van der Waals surface area contributed by atoms with Gasteiger partial charge in [-0.25, -0.2) is 0 Å². The molecule has 0 fully saturated rings. The lowest BCUT2D eigenvalue weighted by Crippen LogP contribution is -2.46. The number of carbonyl (C=O) groups excluding carboxylic acids is 2. The van der Waals surface area contributed by atoms with Crippen LogP contribution in [0.15, 0.2) is 48.5 Å². The summed E-state index contributed by atoms with van der Waals surface area (Å²) >= 11 is 5.86. The van der Waals surface area contributed by atoms with Crippen LogP contribution in [0.3, 0.4) is 0 Å². The Hall–Kier alpha value is -2.57. The highest BCUT2D eigenvalue weighted by Crippen LogP contribution is 2.29. The fraction of sp³-hybridized carbons (Fsp3) is 0.263. The zero-order chi connectivity index (χ0) is 19.1. The van der Waals surface area contributed by atoms with Gasteiger partial charge >= 0.3 is 0 Å². The predicted octanol–water partition coefficient (Wildman–Crippen LogP) is 3.17. The first-order valence-electron chi connectivity index (χ1n) is 8.22. The van der Waals surface area contributed by atoms with Gasteiger partial charge in [-0.2, -0.15) is 0 Å². The molecule has 0 spiro atoms. The maximum Gasteiger partial charge on any atom is 0.243 e. The Morgan fingerprint density at radius 3 is 2.42 bits per heavy atom. The van der Waals surface area contributed by atoms with Crippen LogP contribution in [0.4, 0.5) is 5.69 Å². The molecule has 0 saturated carbocycles. The molecule has 0 saturated heterocycles. The van der Waals surface area contributed by atoms with Crippen LogP contribution in [0.2, 0.25) is 5.02 Å². The smallest absolute Gasteiger partial charge is 0.243 e. The largest absolute Gasteiger partial charge is 0.455 e. The van der Waals surface area contributed by atoms with Gasteiger partial charge in [0.15, 0.2) is 5.75 Å². The number of halogens is 1. The maximum absolute atomic E-state index is 12.1. The Kier molecular flexibility index (Phi) is 7.00. The molecule has 6 nitrogen and oxygen atoms in total. The second-order valence-corrected chi connectivity index (χ2v) is 6.52. The van der Waals surface area contributed by atoms with Gasteiger partial charge in [-0.3, -0.25) is 9.59 Å². The molecule has 1 atom stereocenters. The minimum Gasteiger partial charge on any atom is -0.455 e. The van der Waals surface area contributed by atoms with Crippen molar-refractivity contribution >= 4 is 29.1 Å². The first kappa shape index (κ1) is 19.8. The van der Waals surface area contributed by atoms with Crippen LogP contribution in [-0.2, 0) is 9.59 Å². The molecule has 0 radical (unpaired) electrons. The summed E-state index contributed by atoms with van der Waals surface area (Å²) in [6.45, 7) is 3.51. The normalized spacial score (nSPS) is 11.7. The number of para-hydroxylation sites is 2. The zero-order valence-corrected chi connectivity index (χ0v) is 15.4. The van der Waals surface area contributed by atoms with E-state index >= 15 is 0 Å². The van der Waals surface area contributed by atoms with Crippen LogP contribution in [0.25, 0.3) is 0 Å². The van der Waals surface area contributed by atoms with Crippen molar-refractivity contribution in [3.05, 3.63) is 53.6 Å². The summed E-state index contributed by atoms with van der Waals surface area (Å²) < 4.78 is 5.78. The molecule has 26 heavy (non-hydrogen) atoms. The highest BCUT2D eigenvalue weighted by atomic mass is 35.5. The fourth-order valence-electron chi connectivity index (χ4n) is 2.07. The van der Waals surface area contributed by atoms with E-state index in [1.807, 2.05) is 13.8 Å². The van der Waals surface area contributed by atoms with Gasteiger partial charge in [-0.1, -0.05) is 37.6 Å². The number of carbonyl (C=O) groups is 2. The summed E-state index contributed by atoms with van der Waals surface area (Å²) in [5.41, 5.74) is 6.24. The molecule has 0 aromatic heterocycles. The third kappa shape index (κ3) is 5.75. The Morgan fingerprint density at radius 2 is 1.77 bits per heavy atom. The van der Waals surface area contributed by atoms with Crippen molar-refractivity contribution in [2.24, 2.45) is 11.7 Å². The van der Waals surface area contributed by atoms with E-state index in [4.69, 9.17) is 22.1 Å². The van der Waals surface area contributed by atoms with E-state index < -0.39 is 6.04 Å². The minimum atomic E-state index is -0.650. The van der Waals surface area contributed by atoms with Crippen molar-refractivity contribution in [1.29, 1.82) is 0 Å². The second kappa shape index (κ2) is 9.22. The van der Waals surface area contributed by atoms with Crippen LogP contribution in [0, 0.1) is 5.92 Å². The average molecular weight is 376 g/mol. The summed E-state index contributed by atoms with van der Waals surface area (Å²) in [7, 11) is 0. The highest BCUT2D eigenvalue weighted by molar-refractivity contribution is 6.30. The number of amides is 2. The molecule has 0 heterocycles. The van der Waals surface area contributed by atoms with E-state index in [1.54, 1.807) is 48.5 Å². The van der Waals surface area contributed by atoms with Gasteiger partial charge in [0.25, 0.3) is 0 Å². The number of hydrogen-bond acceptors (Lipinski definition) is 4. The molecule has 2 aromatic rings. The van der Waals surface area contributed by atoms with Gasteiger partial charge < -0.3 is 21.1 Å². The van der Waals surface area contributed by atoms with E-state index in [-0.39, 0.29) is 24.3 Å². The Bertz CT molecular complexity index is 763. The van der Waals surface area contributed by atoms with Crippen molar-refractivity contribution in [1.82, 2.24) is 5.32 Å². The highest BCUT2D eigenvalue weighted by Gasteiger charge is 2.18. The van der Waals surface area contributed by atoms with Crippen molar-refractivity contribution in [3.63, 3.8) is 0 Å². The molecule has 0 aliphatic rings. The van der Waals surface area contributed by atoms with Gasteiger partial charge in [0.1, 0.15) is 5.75 Å². The molecule has 4 N–H and O–H groups in total. The quantitative estimate of drug-likeness (QED) is 0.692. The van der Waals surface area contributed by atoms with Gasteiger partial charge in [-0.15, -0.1) is 0 Å². The molecule has 2 aromatic carbocycles. The minimum absolute atomic E-state index is 0.00781. The Balaban J connectivity index is 1.97. The lowest BCUT2D eigenvalue weighted by molar-refractivity contribution is -0.125. The summed E-state index contributed by atoms with van der Waals surface area (Å²) in [4.78, 5) is 23.9. The van der Waals surface area contributed by atoms with Gasteiger partial charge in [0.05, 0.1) is 18.3 Å². The third-order valence-electron chi connectivity index (χ3n) is 3.65. The summed E-state index contributed by atoms with van der Waals surface area (Å²) in [5.74, 6) is 0.328. The SMILES string of the molecule is CC(C)[C@H](N)C(=O)NCC(=O)Nc1ccccc1Oc1ccc(Cl)cc1. The molecular formula is C19H22ClN3O3. The van der Waals surface area contributed by atoms with E-state index in [0.717, 1.165) is 0 Å². The molecule has 0 aliphatic heterocycles. The lowest BCUT2D eigenvalue weighted by atomic mass is 10.1. The molecule has 0 bridgehead atoms. The van der Waals surface area contributed by atoms with E-state index in [1.165, 1.54) is 0 Å². The molecule has 0 unspecified atom stereocenters. The van der Waals surface area contributed by atoms with Crippen LogP contribution >= 0.6 is 11.6 Å². The first-order valence-corrected chi connectivity index (χ1v) is 8.60. The van der Waals surface area contributed by atoms with Crippen molar-refractivity contribution < 1.29 is 14.3 Å². The number of benzene rings is 2. The number of nitrogens with one attached hydrogen (secondary N) is 2. The zero-order valence-electron chi connectivity index (χ0n) is 14.7. The van der Waals surface area contributed by atoms with Gasteiger partial charge in [0.2, 0.25) is 11.8 Å². The van der Waals surface area contributed by atoms with Crippen molar-refractivity contribution in [2.75, 3.05) is 11.9 Å². The predicted molar refractivity (Wildman–Crippen MR) is 102 cm³/mol. The van der Waals surface area contributed by atoms with Crippen LogP contribution in [0.1, 0.15) is 13.8 Å². The van der Waals surface area contributed by atoms with Crippen LogP contribution < -0.4 is 21.1 Å². The standard InChI is InChI=1S/C19H22ClN3O3/c1-12(2)18(21)19(25)22-11-17(24)23-15-5-3-4-6-16(15)26-14-9-7-13(20)8-10-14/h3-10,12,18H,11,21H2,1-2H3,(H,22,25)(H,23,24)/t18-/m0/s1. The molecule has 2 amide bonds. The lowest BCUT2D eigenvalue weighted by Gasteiger charge is -2.16. The number of rotatable bonds is 7. The number of anilines is 1. The molecule has 2 rings (SSSR count). The second-order valence-electron chi connectivity index (χ2n) is 6.09. The number of hydrogen-bond donors (Lipinski definition) is 3. The van der Waals surface area contributed by atoms with Crippen molar-refractivity contribution in [2.45, 2.75) is 19.9 Å². The number of ether oxygens (including phenoxy) is 1. The topological polar surface area (TPSA) is 93.5 Å². The molecule has 138 valence electrons. The Morgan fingerprint density at radius 1 is 1.12 bits per heavy atom. The van der Waals surface area contributed by atoms with Crippen molar-refractivity contribution in [3.8, 4) is 11.5 Å². The third-order valence-corrected chi connectivity index (χ3v) is 3.90.